The van der Waals surface area contributed by atoms with E-state index in [0.717, 1.165) is 49.7 Å². The van der Waals surface area contributed by atoms with Crippen molar-refractivity contribution in [2.75, 3.05) is 32.4 Å². The molecule has 0 aromatic heterocycles. The maximum Gasteiger partial charge on any atom is 0.418 e. The summed E-state index contributed by atoms with van der Waals surface area (Å²) in [6, 6.07) is 1.94. The SMILES string of the molecule is C1CCC(C2CCCCC2)CC1.C=CCCCN1CCC(CC/C(CCC)=C(/C)N/C=C/CC)C1.CC.CN.Cc1cc(C(F)C(C)F)c(N)c(C(F)(F)F)c1. The zero-order chi connectivity index (χ0) is 42.5. The molecule has 1 aliphatic heterocycles. The van der Waals surface area contributed by atoms with Crippen LogP contribution in [-0.2, 0) is 6.18 Å². The first-order valence-electron chi connectivity index (χ1n) is 22.1. The van der Waals surface area contributed by atoms with E-state index < -0.39 is 35.3 Å². The van der Waals surface area contributed by atoms with E-state index in [-0.39, 0.29) is 5.56 Å². The van der Waals surface area contributed by atoms with E-state index in [0.29, 0.717) is 0 Å². The molecule has 3 unspecified atom stereocenters. The minimum atomic E-state index is -4.68. The van der Waals surface area contributed by atoms with Crippen molar-refractivity contribution < 1.29 is 22.0 Å². The molecule has 1 saturated heterocycles. The Bertz CT molecular complexity index is 1180. The molecule has 2 saturated carbocycles. The highest BCUT2D eigenvalue weighted by Gasteiger charge is 2.36. The Morgan fingerprint density at radius 3 is 2.00 bits per heavy atom. The van der Waals surface area contributed by atoms with Crippen molar-refractivity contribution in [3.05, 3.63) is 65.0 Å². The number of likely N-dealkylation sites (tertiary alicyclic amines) is 1. The molecule has 1 aromatic rings. The van der Waals surface area contributed by atoms with Crippen LogP contribution in [0.4, 0.5) is 27.6 Å². The smallest absolute Gasteiger partial charge is 0.398 e. The van der Waals surface area contributed by atoms with E-state index in [1.165, 1.54) is 116 Å². The fraction of sp³-hybridized carbons (Fsp3) is 0.745. The standard InChI is InChI=1S/C21H38N2.C12H22.C11H12F5N.C2H6.CH5N/c1-5-8-10-16-23-17-14-20(18-23)12-13-21(11-7-3)19(4)22-15-9-6-2;1-3-7-11(8-4-1)12-9-5-2-6-10-12;1-5-3-7(9(13)6(2)12)10(17)8(4-5)11(14,15)16;2*1-2/h5,9,15,20,22H,1,6-8,10-14,16-18H2,2-4H3;11-12H,1-10H2;3-4,6,9H,17H2,1-2H3;1-2H3;2H2,1H3/b15-9+,21-19-;;;;. The summed E-state index contributed by atoms with van der Waals surface area (Å²) in [6.07, 6.45) is 22.9. The van der Waals surface area contributed by atoms with Crippen LogP contribution < -0.4 is 16.8 Å². The van der Waals surface area contributed by atoms with Gasteiger partial charge in [0.15, 0.2) is 6.17 Å². The molecule has 3 aliphatic rings. The third kappa shape index (κ3) is 21.4. The number of hydrogen-bond acceptors (Lipinski definition) is 4. The lowest BCUT2D eigenvalue weighted by Crippen LogP contribution is -2.21. The van der Waals surface area contributed by atoms with Crippen LogP contribution in [-0.4, -0.2) is 37.8 Å². The van der Waals surface area contributed by atoms with Gasteiger partial charge < -0.3 is 21.7 Å². The zero-order valence-corrected chi connectivity index (χ0v) is 36.8. The van der Waals surface area contributed by atoms with Crippen molar-refractivity contribution in [3.8, 4) is 0 Å². The average molecular weight is 799 g/mol. The third-order valence-corrected chi connectivity index (χ3v) is 11.2. The number of nitrogens with two attached hydrogens (primary N) is 2. The number of hydrogen-bond donors (Lipinski definition) is 3. The number of aryl methyl sites for hydroxylation is 1. The Balaban J connectivity index is 0.000000806. The minimum Gasteiger partial charge on any atom is -0.398 e. The number of nitrogens with zero attached hydrogens (tertiary/aromatic N) is 1. The van der Waals surface area contributed by atoms with Gasteiger partial charge in [0.2, 0.25) is 0 Å². The van der Waals surface area contributed by atoms with Crippen LogP contribution in [0.2, 0.25) is 0 Å². The summed E-state index contributed by atoms with van der Waals surface area (Å²) in [6.45, 7) is 20.7. The Hall–Kier alpha value is -2.39. The van der Waals surface area contributed by atoms with Gasteiger partial charge in [-0.2, -0.15) is 13.2 Å². The first-order valence-corrected chi connectivity index (χ1v) is 22.1. The second kappa shape index (κ2) is 31.6. The Kier molecular flexibility index (Phi) is 30.2. The lowest BCUT2D eigenvalue weighted by Gasteiger charge is -2.32. The van der Waals surface area contributed by atoms with Gasteiger partial charge in [0, 0.05) is 17.8 Å². The Labute approximate surface area is 340 Å². The van der Waals surface area contributed by atoms with Crippen LogP contribution in [0, 0.1) is 24.7 Å². The molecule has 5 N–H and O–H groups in total. The topological polar surface area (TPSA) is 67.3 Å². The maximum atomic E-state index is 13.4. The van der Waals surface area contributed by atoms with Gasteiger partial charge in [0.25, 0.3) is 0 Å². The molecule has 4 nitrogen and oxygen atoms in total. The first-order chi connectivity index (χ1) is 26.8. The van der Waals surface area contributed by atoms with E-state index in [1.807, 2.05) is 19.9 Å². The lowest BCUT2D eigenvalue weighted by atomic mass is 9.73. The van der Waals surface area contributed by atoms with Crippen molar-refractivity contribution in [2.24, 2.45) is 23.5 Å². The molecule has 0 radical (unpaired) electrons. The van der Waals surface area contributed by atoms with Crippen LogP contribution in [0.15, 0.2) is 48.3 Å². The van der Waals surface area contributed by atoms with E-state index >= 15 is 0 Å². The van der Waals surface area contributed by atoms with Gasteiger partial charge >= 0.3 is 6.18 Å². The molecule has 0 bridgehead atoms. The van der Waals surface area contributed by atoms with E-state index in [4.69, 9.17) is 5.73 Å². The van der Waals surface area contributed by atoms with Crippen molar-refractivity contribution in [1.82, 2.24) is 10.2 Å². The summed E-state index contributed by atoms with van der Waals surface area (Å²) in [5.74, 6) is 3.17. The summed E-state index contributed by atoms with van der Waals surface area (Å²) in [4.78, 5) is 2.65. The first kappa shape index (κ1) is 53.6. The fourth-order valence-corrected chi connectivity index (χ4v) is 8.14. The summed E-state index contributed by atoms with van der Waals surface area (Å²) >= 11 is 0. The molecule has 1 aromatic carbocycles. The molecule has 9 heteroatoms. The lowest BCUT2D eigenvalue weighted by molar-refractivity contribution is -0.137. The number of benzene rings is 1. The van der Waals surface area contributed by atoms with Gasteiger partial charge in [0.05, 0.1) is 11.3 Å². The van der Waals surface area contributed by atoms with E-state index in [1.54, 1.807) is 31.3 Å². The Morgan fingerprint density at radius 1 is 0.946 bits per heavy atom. The van der Waals surface area contributed by atoms with E-state index in [9.17, 15) is 22.0 Å². The summed E-state index contributed by atoms with van der Waals surface area (Å²) < 4.78 is 64.0. The van der Waals surface area contributed by atoms with Crippen LogP contribution in [0.25, 0.3) is 0 Å². The molecule has 3 atom stereocenters. The molecule has 4 rings (SSSR count). The molecule has 2 aliphatic carbocycles. The number of rotatable bonds is 15. The number of allylic oxidation sites excluding steroid dienone is 4. The van der Waals surface area contributed by atoms with Crippen molar-refractivity contribution in [2.45, 2.75) is 183 Å². The van der Waals surface area contributed by atoms with Gasteiger partial charge in [-0.1, -0.05) is 122 Å². The third-order valence-electron chi connectivity index (χ3n) is 11.2. The monoisotopic (exact) mass is 799 g/mol. The number of halogens is 5. The molecular formula is C47H83F5N4. The van der Waals surface area contributed by atoms with Crippen LogP contribution in [0.1, 0.15) is 180 Å². The van der Waals surface area contributed by atoms with Gasteiger partial charge in [-0.3, -0.25) is 0 Å². The van der Waals surface area contributed by atoms with Crippen molar-refractivity contribution in [1.29, 1.82) is 0 Å². The van der Waals surface area contributed by atoms with Crippen molar-refractivity contribution >= 4 is 5.69 Å². The van der Waals surface area contributed by atoms with Gasteiger partial charge in [-0.15, -0.1) is 6.58 Å². The highest BCUT2D eigenvalue weighted by molar-refractivity contribution is 5.58. The number of nitrogen functional groups attached to an aromatic ring is 1. The molecule has 56 heavy (non-hydrogen) atoms. The predicted octanol–water partition coefficient (Wildman–Crippen LogP) is 14.4. The Morgan fingerprint density at radius 2 is 1.52 bits per heavy atom. The normalized spacial score (nSPS) is 19.4. The van der Waals surface area contributed by atoms with Gasteiger partial charge in [-0.05, 0) is 121 Å². The van der Waals surface area contributed by atoms with E-state index in [2.05, 4.69) is 55.6 Å². The van der Waals surface area contributed by atoms with Gasteiger partial charge in [-0.25, -0.2) is 8.78 Å². The highest BCUT2D eigenvalue weighted by Crippen LogP contribution is 2.40. The minimum absolute atomic E-state index is 0.185. The summed E-state index contributed by atoms with van der Waals surface area (Å²) in [5, 5.41) is 3.47. The quantitative estimate of drug-likeness (QED) is 0.0715. The number of nitrogens with one attached hydrogen (secondary N) is 1. The largest absolute Gasteiger partial charge is 0.418 e. The molecule has 1 heterocycles. The molecule has 0 spiro atoms. The van der Waals surface area contributed by atoms with Gasteiger partial charge in [0.1, 0.15) is 6.17 Å². The number of unbranched alkanes of at least 4 members (excludes halogenated alkanes) is 1. The molecular weight excluding hydrogens is 716 g/mol. The number of alkyl halides is 5. The molecule has 326 valence electrons. The average Bonchev–Trinajstić information content (AvgIpc) is 3.67. The second-order valence-corrected chi connectivity index (χ2v) is 15.5. The number of anilines is 1. The van der Waals surface area contributed by atoms with Crippen LogP contribution >= 0.6 is 0 Å². The molecule has 3 fully saturated rings. The van der Waals surface area contributed by atoms with Crippen LogP contribution in [0.3, 0.4) is 0 Å². The fourth-order valence-electron chi connectivity index (χ4n) is 8.14. The summed E-state index contributed by atoms with van der Waals surface area (Å²) in [5.41, 5.74) is 10.6. The predicted molar refractivity (Wildman–Crippen MR) is 233 cm³/mol. The van der Waals surface area contributed by atoms with Crippen LogP contribution in [0.5, 0.6) is 0 Å². The van der Waals surface area contributed by atoms with Crippen molar-refractivity contribution in [3.63, 3.8) is 0 Å². The second-order valence-electron chi connectivity index (χ2n) is 15.5. The highest BCUT2D eigenvalue weighted by atomic mass is 19.4. The maximum absolute atomic E-state index is 13.4. The zero-order valence-electron chi connectivity index (χ0n) is 36.8. The summed E-state index contributed by atoms with van der Waals surface area (Å²) in [7, 11) is 1.50. The molecule has 0 amide bonds.